The van der Waals surface area contributed by atoms with Crippen molar-refractivity contribution >= 4 is 17.8 Å². The van der Waals surface area contributed by atoms with Gasteiger partial charge >= 0.3 is 5.97 Å². The van der Waals surface area contributed by atoms with Crippen LogP contribution in [0, 0.1) is 11.8 Å². The molecule has 17 heavy (non-hydrogen) atoms. The zero-order valence-electron chi connectivity index (χ0n) is 10.1. The Hall–Kier alpha value is -1.59. The van der Waals surface area contributed by atoms with Crippen molar-refractivity contribution in [1.82, 2.24) is 10.2 Å². The highest BCUT2D eigenvalue weighted by Gasteiger charge is 2.32. The molecule has 1 aliphatic heterocycles. The summed E-state index contributed by atoms with van der Waals surface area (Å²) in [4.78, 5) is 35.5. The highest BCUT2D eigenvalue weighted by atomic mass is 16.4. The standard InChI is InChI=1S/C11H18N2O4/c1-7(11(16)17)10(15)13-5-3-4-8(6-13)9(14)12-2/h7-8H,3-6H2,1-2H3,(H,12,14)(H,16,17). The quantitative estimate of drug-likeness (QED) is 0.665. The number of aliphatic carboxylic acids is 1. The van der Waals surface area contributed by atoms with Gasteiger partial charge in [0.25, 0.3) is 0 Å². The molecule has 1 aliphatic rings. The molecule has 1 rings (SSSR count). The van der Waals surface area contributed by atoms with E-state index in [0.29, 0.717) is 13.1 Å². The predicted octanol–water partition coefficient (Wildman–Crippen LogP) is -0.308. The molecule has 6 nitrogen and oxygen atoms in total. The van der Waals surface area contributed by atoms with E-state index in [4.69, 9.17) is 5.11 Å². The Morgan fingerprint density at radius 3 is 2.59 bits per heavy atom. The molecule has 96 valence electrons. The maximum absolute atomic E-state index is 11.8. The minimum atomic E-state index is -1.13. The number of likely N-dealkylation sites (tertiary alicyclic amines) is 1. The lowest BCUT2D eigenvalue weighted by atomic mass is 9.96. The van der Waals surface area contributed by atoms with Gasteiger partial charge in [0, 0.05) is 20.1 Å². The van der Waals surface area contributed by atoms with E-state index in [9.17, 15) is 14.4 Å². The molecular weight excluding hydrogens is 224 g/mol. The van der Waals surface area contributed by atoms with Crippen LogP contribution in [-0.2, 0) is 14.4 Å². The van der Waals surface area contributed by atoms with E-state index in [0.717, 1.165) is 12.8 Å². The number of nitrogens with one attached hydrogen (secondary N) is 1. The Morgan fingerprint density at radius 1 is 1.41 bits per heavy atom. The van der Waals surface area contributed by atoms with Crippen LogP contribution in [0.4, 0.5) is 0 Å². The Bertz CT molecular complexity index is 329. The number of carbonyl (C=O) groups is 3. The van der Waals surface area contributed by atoms with Gasteiger partial charge in [-0.2, -0.15) is 0 Å². The molecule has 0 spiro atoms. The van der Waals surface area contributed by atoms with Gasteiger partial charge in [0.05, 0.1) is 5.92 Å². The van der Waals surface area contributed by atoms with Crippen LogP contribution < -0.4 is 5.32 Å². The smallest absolute Gasteiger partial charge is 0.315 e. The topological polar surface area (TPSA) is 86.7 Å². The average molecular weight is 242 g/mol. The maximum Gasteiger partial charge on any atom is 0.315 e. The van der Waals surface area contributed by atoms with Crippen LogP contribution in [-0.4, -0.2) is 47.9 Å². The van der Waals surface area contributed by atoms with Gasteiger partial charge in [-0.15, -0.1) is 0 Å². The van der Waals surface area contributed by atoms with E-state index in [1.807, 2.05) is 0 Å². The minimum absolute atomic E-state index is 0.0921. The van der Waals surface area contributed by atoms with Crippen LogP contribution in [0.2, 0.25) is 0 Å². The molecule has 0 bridgehead atoms. The molecule has 0 radical (unpaired) electrons. The molecule has 0 saturated carbocycles. The van der Waals surface area contributed by atoms with Gasteiger partial charge in [0.1, 0.15) is 5.92 Å². The first-order valence-electron chi connectivity index (χ1n) is 5.70. The highest BCUT2D eigenvalue weighted by Crippen LogP contribution is 2.18. The third-order valence-electron chi connectivity index (χ3n) is 3.09. The summed E-state index contributed by atoms with van der Waals surface area (Å²) < 4.78 is 0. The van der Waals surface area contributed by atoms with Crippen LogP contribution in [0.3, 0.4) is 0 Å². The number of amides is 2. The predicted molar refractivity (Wildman–Crippen MR) is 60.2 cm³/mol. The molecule has 6 heteroatoms. The number of hydrogen-bond donors (Lipinski definition) is 2. The van der Waals surface area contributed by atoms with Crippen molar-refractivity contribution in [3.8, 4) is 0 Å². The molecule has 2 atom stereocenters. The number of hydrogen-bond acceptors (Lipinski definition) is 3. The van der Waals surface area contributed by atoms with Crippen molar-refractivity contribution < 1.29 is 19.5 Å². The molecule has 0 aliphatic carbocycles. The average Bonchev–Trinajstić information content (AvgIpc) is 2.36. The Kier molecular flexibility index (Phi) is 4.48. The maximum atomic E-state index is 11.8. The third-order valence-corrected chi connectivity index (χ3v) is 3.09. The van der Waals surface area contributed by atoms with Crippen LogP contribution in [0.15, 0.2) is 0 Å². The van der Waals surface area contributed by atoms with Crippen molar-refractivity contribution in [3.63, 3.8) is 0 Å². The van der Waals surface area contributed by atoms with E-state index >= 15 is 0 Å². The van der Waals surface area contributed by atoms with E-state index in [1.54, 1.807) is 7.05 Å². The molecule has 2 unspecified atom stereocenters. The van der Waals surface area contributed by atoms with Crippen LogP contribution in [0.25, 0.3) is 0 Å². The molecule has 2 N–H and O–H groups in total. The first-order chi connectivity index (χ1) is 7.97. The van der Waals surface area contributed by atoms with Gasteiger partial charge < -0.3 is 15.3 Å². The molecule has 1 heterocycles. The normalized spacial score (nSPS) is 21.8. The summed E-state index contributed by atoms with van der Waals surface area (Å²) >= 11 is 0. The second-order valence-electron chi connectivity index (χ2n) is 4.30. The fraction of sp³-hybridized carbons (Fsp3) is 0.727. The van der Waals surface area contributed by atoms with Gasteiger partial charge in [-0.3, -0.25) is 14.4 Å². The minimum Gasteiger partial charge on any atom is -0.481 e. The number of carboxylic acid groups (broad SMARTS) is 1. The SMILES string of the molecule is CNC(=O)C1CCCN(C(=O)C(C)C(=O)O)C1. The van der Waals surface area contributed by atoms with Crippen molar-refractivity contribution in [2.45, 2.75) is 19.8 Å². The van der Waals surface area contributed by atoms with E-state index in [1.165, 1.54) is 11.8 Å². The van der Waals surface area contributed by atoms with Gasteiger partial charge in [0.2, 0.25) is 11.8 Å². The lowest BCUT2D eigenvalue weighted by Gasteiger charge is -2.32. The van der Waals surface area contributed by atoms with Gasteiger partial charge in [-0.25, -0.2) is 0 Å². The zero-order valence-corrected chi connectivity index (χ0v) is 10.1. The van der Waals surface area contributed by atoms with Gasteiger partial charge in [-0.05, 0) is 19.8 Å². The number of carboxylic acids is 1. The van der Waals surface area contributed by atoms with Gasteiger partial charge in [0.15, 0.2) is 0 Å². The summed E-state index contributed by atoms with van der Waals surface area (Å²) in [6, 6.07) is 0. The van der Waals surface area contributed by atoms with Crippen LogP contribution in [0.1, 0.15) is 19.8 Å². The fourth-order valence-electron chi connectivity index (χ4n) is 1.97. The summed E-state index contributed by atoms with van der Waals surface area (Å²) in [7, 11) is 1.56. The fourth-order valence-corrected chi connectivity index (χ4v) is 1.97. The summed E-state index contributed by atoms with van der Waals surface area (Å²) in [6.07, 6.45) is 1.47. The molecule has 2 amide bonds. The summed E-state index contributed by atoms with van der Waals surface area (Å²) in [5, 5.41) is 11.3. The van der Waals surface area contributed by atoms with E-state index in [2.05, 4.69) is 5.32 Å². The summed E-state index contributed by atoms with van der Waals surface area (Å²) in [5.41, 5.74) is 0. The van der Waals surface area contributed by atoms with Crippen molar-refractivity contribution in [3.05, 3.63) is 0 Å². The summed E-state index contributed by atoms with van der Waals surface area (Å²) in [5.74, 6) is -2.90. The monoisotopic (exact) mass is 242 g/mol. The zero-order chi connectivity index (χ0) is 13.0. The molecule has 0 aromatic carbocycles. The van der Waals surface area contributed by atoms with E-state index in [-0.39, 0.29) is 11.8 Å². The van der Waals surface area contributed by atoms with Crippen LogP contribution >= 0.6 is 0 Å². The molecule has 1 fully saturated rings. The number of piperidine rings is 1. The third kappa shape index (κ3) is 3.18. The lowest BCUT2D eigenvalue weighted by molar-refractivity contribution is -0.151. The molecule has 1 saturated heterocycles. The molecular formula is C11H18N2O4. The largest absolute Gasteiger partial charge is 0.481 e. The van der Waals surface area contributed by atoms with Gasteiger partial charge in [-0.1, -0.05) is 0 Å². The lowest BCUT2D eigenvalue weighted by Crippen LogP contribution is -2.47. The highest BCUT2D eigenvalue weighted by molar-refractivity contribution is 5.96. The van der Waals surface area contributed by atoms with Crippen molar-refractivity contribution in [2.24, 2.45) is 11.8 Å². The Morgan fingerprint density at radius 2 is 2.06 bits per heavy atom. The Labute approximate surface area is 100.0 Å². The van der Waals surface area contributed by atoms with E-state index < -0.39 is 17.8 Å². The molecule has 0 aromatic rings. The van der Waals surface area contributed by atoms with Crippen LogP contribution in [0.5, 0.6) is 0 Å². The number of carbonyl (C=O) groups excluding carboxylic acids is 2. The first-order valence-corrected chi connectivity index (χ1v) is 5.70. The second-order valence-corrected chi connectivity index (χ2v) is 4.30. The number of nitrogens with zero attached hydrogens (tertiary/aromatic N) is 1. The van der Waals surface area contributed by atoms with Crippen molar-refractivity contribution in [2.75, 3.05) is 20.1 Å². The van der Waals surface area contributed by atoms with Crippen molar-refractivity contribution in [1.29, 1.82) is 0 Å². The summed E-state index contributed by atoms with van der Waals surface area (Å²) in [6.45, 7) is 2.22. The Balaban J connectivity index is 2.63. The number of rotatable bonds is 3. The second kappa shape index (κ2) is 5.65. The first kappa shape index (κ1) is 13.5. The molecule has 0 aromatic heterocycles.